The van der Waals surface area contributed by atoms with Gasteiger partial charge in [0.2, 0.25) is 0 Å². The summed E-state index contributed by atoms with van der Waals surface area (Å²) in [5.41, 5.74) is 2.35. The molecule has 1 aromatic rings. The molecule has 0 aromatic heterocycles. The van der Waals surface area contributed by atoms with Gasteiger partial charge in [-0.1, -0.05) is 32.8 Å². The first-order chi connectivity index (χ1) is 9.03. The number of nitrogens with zero attached hydrogens (tertiary/aromatic N) is 1. The minimum atomic E-state index is -0.849. The Bertz CT molecular complexity index is 425. The molecule has 0 saturated carbocycles. The average molecular weight is 263 g/mol. The zero-order chi connectivity index (χ0) is 14.4. The van der Waals surface area contributed by atoms with Crippen molar-refractivity contribution in [3.8, 4) is 0 Å². The van der Waals surface area contributed by atoms with E-state index in [4.69, 9.17) is 0 Å². The molecule has 3 nitrogen and oxygen atoms in total. The molecule has 0 atom stereocenters. The Kier molecular flexibility index (Phi) is 5.87. The van der Waals surface area contributed by atoms with Crippen molar-refractivity contribution in [2.24, 2.45) is 5.92 Å². The van der Waals surface area contributed by atoms with E-state index in [1.54, 1.807) is 6.07 Å². The first kappa shape index (κ1) is 15.5. The Morgan fingerprint density at radius 1 is 1.26 bits per heavy atom. The van der Waals surface area contributed by atoms with Crippen LogP contribution in [0.3, 0.4) is 0 Å². The molecular weight excluding hydrogens is 238 g/mol. The van der Waals surface area contributed by atoms with E-state index in [0.717, 1.165) is 37.2 Å². The summed E-state index contributed by atoms with van der Waals surface area (Å²) in [5.74, 6) is -0.236. The van der Waals surface area contributed by atoms with Crippen LogP contribution in [-0.4, -0.2) is 24.2 Å². The van der Waals surface area contributed by atoms with Crippen molar-refractivity contribution in [3.63, 3.8) is 0 Å². The second kappa shape index (κ2) is 7.17. The maximum atomic E-state index is 11.4. The average Bonchev–Trinajstić information content (AvgIpc) is 2.40. The van der Waals surface area contributed by atoms with E-state index in [1.807, 2.05) is 19.1 Å². The number of hydrogen-bond donors (Lipinski definition) is 1. The lowest BCUT2D eigenvalue weighted by Crippen LogP contribution is -2.30. The van der Waals surface area contributed by atoms with Crippen LogP contribution in [0.25, 0.3) is 0 Å². The van der Waals surface area contributed by atoms with Gasteiger partial charge in [-0.2, -0.15) is 0 Å². The van der Waals surface area contributed by atoms with Gasteiger partial charge in [0.15, 0.2) is 0 Å². The molecule has 19 heavy (non-hydrogen) atoms. The van der Waals surface area contributed by atoms with Crippen molar-refractivity contribution in [2.45, 2.75) is 40.5 Å². The van der Waals surface area contributed by atoms with Gasteiger partial charge in [-0.3, -0.25) is 0 Å². The number of anilines is 1. The maximum absolute atomic E-state index is 11.4. The number of carbonyl (C=O) groups is 1. The topological polar surface area (TPSA) is 40.5 Å². The monoisotopic (exact) mass is 263 g/mol. The van der Waals surface area contributed by atoms with E-state index in [9.17, 15) is 9.90 Å². The summed E-state index contributed by atoms with van der Waals surface area (Å²) in [6, 6.07) is 5.55. The van der Waals surface area contributed by atoms with Crippen LogP contribution in [0.1, 0.15) is 49.5 Å². The first-order valence-corrected chi connectivity index (χ1v) is 7.12. The number of hydrogen-bond acceptors (Lipinski definition) is 2. The van der Waals surface area contributed by atoms with Crippen LogP contribution in [0, 0.1) is 12.8 Å². The summed E-state index contributed by atoms with van der Waals surface area (Å²) in [6.07, 6.45) is 2.25. The van der Waals surface area contributed by atoms with Crippen LogP contribution in [-0.2, 0) is 0 Å². The second-order valence-corrected chi connectivity index (χ2v) is 5.05. The Hall–Kier alpha value is -1.51. The highest BCUT2D eigenvalue weighted by Gasteiger charge is 2.17. The van der Waals surface area contributed by atoms with Crippen molar-refractivity contribution in [1.29, 1.82) is 0 Å². The number of carboxylic acids is 1. The molecule has 0 aliphatic carbocycles. The SMILES string of the molecule is CCC(CC)CN(CC)c1cc(C)ccc1C(=O)O. The quantitative estimate of drug-likeness (QED) is 0.809. The summed E-state index contributed by atoms with van der Waals surface area (Å²) in [4.78, 5) is 13.5. The van der Waals surface area contributed by atoms with Crippen molar-refractivity contribution in [3.05, 3.63) is 29.3 Å². The van der Waals surface area contributed by atoms with Gasteiger partial charge in [-0.25, -0.2) is 4.79 Å². The molecule has 0 fully saturated rings. The lowest BCUT2D eigenvalue weighted by atomic mass is 10.0. The van der Waals surface area contributed by atoms with Gasteiger partial charge in [0.1, 0.15) is 0 Å². The predicted molar refractivity (Wildman–Crippen MR) is 80.1 cm³/mol. The molecule has 0 bridgehead atoms. The van der Waals surface area contributed by atoms with E-state index in [0.29, 0.717) is 11.5 Å². The van der Waals surface area contributed by atoms with Crippen LogP contribution in [0.5, 0.6) is 0 Å². The molecule has 0 saturated heterocycles. The third-order valence-electron chi connectivity index (χ3n) is 3.74. The normalized spacial score (nSPS) is 10.8. The summed E-state index contributed by atoms with van der Waals surface area (Å²) in [7, 11) is 0. The molecule has 1 aromatic carbocycles. The molecule has 0 amide bonds. The maximum Gasteiger partial charge on any atom is 0.337 e. The third-order valence-corrected chi connectivity index (χ3v) is 3.74. The summed E-state index contributed by atoms with van der Waals surface area (Å²) >= 11 is 0. The second-order valence-electron chi connectivity index (χ2n) is 5.05. The fourth-order valence-corrected chi connectivity index (χ4v) is 2.34. The third kappa shape index (κ3) is 3.98. The number of aryl methyl sites for hydroxylation is 1. The lowest BCUT2D eigenvalue weighted by Gasteiger charge is -2.29. The highest BCUT2D eigenvalue weighted by Crippen LogP contribution is 2.24. The molecule has 0 aliphatic heterocycles. The zero-order valence-corrected chi connectivity index (χ0v) is 12.4. The van der Waals surface area contributed by atoms with Gasteiger partial charge in [-0.05, 0) is 37.5 Å². The molecule has 0 radical (unpaired) electrons. The van der Waals surface area contributed by atoms with Crippen LogP contribution >= 0.6 is 0 Å². The molecule has 1 N–H and O–H groups in total. The summed E-state index contributed by atoms with van der Waals surface area (Å²) in [6.45, 7) is 10.2. The Morgan fingerprint density at radius 2 is 1.89 bits per heavy atom. The molecule has 0 heterocycles. The van der Waals surface area contributed by atoms with E-state index >= 15 is 0 Å². The predicted octanol–water partition coefficient (Wildman–Crippen LogP) is 3.96. The van der Waals surface area contributed by atoms with Gasteiger partial charge in [0.05, 0.1) is 11.3 Å². The lowest BCUT2D eigenvalue weighted by molar-refractivity contribution is 0.0697. The van der Waals surface area contributed by atoms with Crippen LogP contribution in [0.15, 0.2) is 18.2 Å². The number of benzene rings is 1. The van der Waals surface area contributed by atoms with E-state index < -0.39 is 5.97 Å². The molecule has 0 spiro atoms. The Balaban J connectivity index is 3.09. The number of rotatable bonds is 7. The minimum absolute atomic E-state index is 0.401. The fraction of sp³-hybridized carbons (Fsp3) is 0.562. The molecule has 1 rings (SSSR count). The smallest absolute Gasteiger partial charge is 0.337 e. The summed E-state index contributed by atoms with van der Waals surface area (Å²) < 4.78 is 0. The largest absolute Gasteiger partial charge is 0.478 e. The fourth-order valence-electron chi connectivity index (χ4n) is 2.34. The van der Waals surface area contributed by atoms with Crippen LogP contribution in [0.4, 0.5) is 5.69 Å². The number of aromatic carboxylic acids is 1. The van der Waals surface area contributed by atoms with Gasteiger partial charge < -0.3 is 10.0 Å². The number of carboxylic acid groups (broad SMARTS) is 1. The first-order valence-electron chi connectivity index (χ1n) is 7.12. The van der Waals surface area contributed by atoms with Crippen molar-refractivity contribution in [1.82, 2.24) is 0 Å². The van der Waals surface area contributed by atoms with Crippen LogP contribution in [0.2, 0.25) is 0 Å². The molecule has 3 heteroatoms. The van der Waals surface area contributed by atoms with Gasteiger partial charge in [-0.15, -0.1) is 0 Å². The highest BCUT2D eigenvalue weighted by molar-refractivity contribution is 5.94. The molecule has 0 aliphatic rings. The van der Waals surface area contributed by atoms with E-state index in [-0.39, 0.29) is 0 Å². The van der Waals surface area contributed by atoms with E-state index in [1.165, 1.54) is 0 Å². The Labute approximate surface area is 116 Å². The van der Waals surface area contributed by atoms with Crippen molar-refractivity contribution < 1.29 is 9.90 Å². The van der Waals surface area contributed by atoms with Crippen molar-refractivity contribution in [2.75, 3.05) is 18.0 Å². The molecular formula is C16H25NO2. The zero-order valence-electron chi connectivity index (χ0n) is 12.4. The van der Waals surface area contributed by atoms with Crippen LogP contribution < -0.4 is 4.90 Å². The molecule has 0 unspecified atom stereocenters. The standard InChI is InChI=1S/C16H25NO2/c1-5-13(6-2)11-17(7-3)15-10-12(4)8-9-14(15)16(18)19/h8-10,13H,5-7,11H2,1-4H3,(H,18,19). The summed E-state index contributed by atoms with van der Waals surface area (Å²) in [5, 5.41) is 9.32. The van der Waals surface area contributed by atoms with Gasteiger partial charge >= 0.3 is 5.97 Å². The highest BCUT2D eigenvalue weighted by atomic mass is 16.4. The van der Waals surface area contributed by atoms with Gasteiger partial charge in [0, 0.05) is 13.1 Å². The van der Waals surface area contributed by atoms with Gasteiger partial charge in [0.25, 0.3) is 0 Å². The van der Waals surface area contributed by atoms with E-state index in [2.05, 4.69) is 25.7 Å². The molecule has 106 valence electrons. The Morgan fingerprint density at radius 3 is 2.37 bits per heavy atom. The van der Waals surface area contributed by atoms with Crippen molar-refractivity contribution >= 4 is 11.7 Å². The minimum Gasteiger partial charge on any atom is -0.478 e.